The van der Waals surface area contributed by atoms with Crippen LogP contribution in [0.1, 0.15) is 76.6 Å². The average molecular weight is 602 g/mol. The summed E-state index contributed by atoms with van der Waals surface area (Å²) in [7, 11) is 1.46. The highest BCUT2D eigenvalue weighted by Crippen LogP contribution is 2.53. The summed E-state index contributed by atoms with van der Waals surface area (Å²) in [4.78, 5) is 39.4. The number of aliphatic hydroxyl groups is 2. The number of esters is 2. The highest BCUT2D eigenvalue weighted by molar-refractivity contribution is 5.94. The van der Waals surface area contributed by atoms with Crippen LogP contribution in [0.2, 0.25) is 0 Å². The fourth-order valence-electron chi connectivity index (χ4n) is 6.77. The van der Waals surface area contributed by atoms with E-state index in [1.54, 1.807) is 46.0 Å². The van der Waals surface area contributed by atoms with Crippen LogP contribution in [-0.2, 0) is 23.7 Å². The van der Waals surface area contributed by atoms with Crippen molar-refractivity contribution in [3.63, 3.8) is 0 Å². The van der Waals surface area contributed by atoms with E-state index in [1.165, 1.54) is 11.7 Å². The first kappa shape index (κ1) is 33.1. The molecule has 2 aliphatic heterocycles. The van der Waals surface area contributed by atoms with Crippen LogP contribution in [0, 0.1) is 29.6 Å². The predicted octanol–water partition coefficient (Wildman–Crippen LogP) is 3.95. The molecule has 2 unspecified atom stereocenters. The Kier molecular flexibility index (Phi) is 10.1. The summed E-state index contributed by atoms with van der Waals surface area (Å²) in [6.07, 6.45) is 3.67. The van der Waals surface area contributed by atoms with E-state index < -0.39 is 60.1 Å². The summed E-state index contributed by atoms with van der Waals surface area (Å²) in [5.41, 5.74) is 0.196. The fourth-order valence-corrected chi connectivity index (χ4v) is 6.77. The Labute approximate surface area is 254 Å². The second-order valence-corrected chi connectivity index (χ2v) is 12.9. The molecule has 43 heavy (non-hydrogen) atoms. The van der Waals surface area contributed by atoms with E-state index in [4.69, 9.17) is 18.9 Å². The van der Waals surface area contributed by atoms with Gasteiger partial charge < -0.3 is 29.2 Å². The molecule has 3 heterocycles. The minimum Gasteiger partial charge on any atom is -0.457 e. The highest BCUT2D eigenvalue weighted by atomic mass is 16.6. The van der Waals surface area contributed by atoms with Crippen LogP contribution in [0.25, 0.3) is 0 Å². The van der Waals surface area contributed by atoms with Crippen LogP contribution in [0.5, 0.6) is 0 Å². The standard InChI is InChI=1S/C33H47NO9/c1-17(2)30(37)34-13-9-10-25(34)31(38)42-28(20(5)21(6)35)29-23-11-12-24-15-26(40-8)32(39)41-27(22(7)36)18(3)14-19(4)33(24,16-23)43-29/h9-14,17-18,20-24,26-29,35-36H,15-16H2,1-8H3/b19-14+/t18-,20-,21+,22?,23-,24?,26+,27+,28-,29-,33+/m1/s1. The zero-order chi connectivity index (χ0) is 31.8. The Morgan fingerprint density at radius 1 is 1.12 bits per heavy atom. The van der Waals surface area contributed by atoms with Gasteiger partial charge in [0.15, 0.2) is 6.10 Å². The van der Waals surface area contributed by atoms with Crippen molar-refractivity contribution in [2.75, 3.05) is 7.11 Å². The van der Waals surface area contributed by atoms with Gasteiger partial charge in [0.2, 0.25) is 5.91 Å². The third kappa shape index (κ3) is 6.38. The van der Waals surface area contributed by atoms with Crippen molar-refractivity contribution >= 4 is 17.8 Å². The van der Waals surface area contributed by atoms with Gasteiger partial charge in [-0.15, -0.1) is 0 Å². The summed E-state index contributed by atoms with van der Waals surface area (Å²) in [6, 6.07) is 3.18. The molecule has 1 saturated heterocycles. The molecule has 3 aliphatic rings. The Balaban J connectivity index is 1.73. The summed E-state index contributed by atoms with van der Waals surface area (Å²) >= 11 is 0. The van der Waals surface area contributed by atoms with Crippen LogP contribution >= 0.6 is 0 Å². The monoisotopic (exact) mass is 601 g/mol. The second-order valence-electron chi connectivity index (χ2n) is 12.9. The molecule has 11 atom stereocenters. The predicted molar refractivity (Wildman–Crippen MR) is 158 cm³/mol. The maximum Gasteiger partial charge on any atom is 0.355 e. The number of aromatic nitrogens is 1. The summed E-state index contributed by atoms with van der Waals surface area (Å²) in [5.74, 6) is -2.99. The van der Waals surface area contributed by atoms with Crippen LogP contribution in [0.4, 0.5) is 0 Å². The Bertz CT molecular complexity index is 1250. The Morgan fingerprint density at radius 3 is 2.42 bits per heavy atom. The number of methoxy groups -OCH3 is 1. The molecule has 0 saturated carbocycles. The van der Waals surface area contributed by atoms with Gasteiger partial charge in [-0.25, -0.2) is 9.59 Å². The molecule has 10 heteroatoms. The molecule has 4 rings (SSSR count). The second kappa shape index (κ2) is 13.1. The van der Waals surface area contributed by atoms with E-state index in [0.29, 0.717) is 12.8 Å². The number of rotatable bonds is 8. The minimum absolute atomic E-state index is 0.114. The molecule has 1 fully saturated rings. The number of fused-ring (bicyclic) bond motifs is 1. The third-order valence-corrected chi connectivity index (χ3v) is 9.47. The van der Waals surface area contributed by atoms with Crippen LogP contribution < -0.4 is 0 Å². The quantitative estimate of drug-likeness (QED) is 0.336. The van der Waals surface area contributed by atoms with Crippen molar-refractivity contribution in [2.24, 2.45) is 29.6 Å². The highest BCUT2D eigenvalue weighted by Gasteiger charge is 2.57. The number of hydrogen-bond acceptors (Lipinski definition) is 9. The average Bonchev–Trinajstić information content (AvgIpc) is 3.56. The molecule has 1 spiro atoms. The number of hydrogen-bond donors (Lipinski definition) is 2. The van der Waals surface area contributed by atoms with E-state index in [-0.39, 0.29) is 35.3 Å². The lowest BCUT2D eigenvalue weighted by Gasteiger charge is -2.41. The SMILES string of the molecule is CO[C@H]1CC2C=C[C@@H]3C[C@]2(O[C@H]3[C@H](OC(=O)c2cccn2C(=O)C(C)C)[C@H](C)[C@H](C)O)/C(C)=C/[C@@H](C)[C@@H](C(C)O)OC1=O. The largest absolute Gasteiger partial charge is 0.457 e. The molecule has 0 amide bonds. The molecule has 0 aromatic carbocycles. The smallest absolute Gasteiger partial charge is 0.355 e. The maximum absolute atomic E-state index is 13.6. The first-order valence-corrected chi connectivity index (χ1v) is 15.3. The van der Waals surface area contributed by atoms with Gasteiger partial charge in [0, 0.05) is 42.9 Å². The van der Waals surface area contributed by atoms with E-state index in [2.05, 4.69) is 0 Å². The zero-order valence-corrected chi connectivity index (χ0v) is 26.4. The van der Waals surface area contributed by atoms with Crippen molar-refractivity contribution in [3.05, 3.63) is 47.8 Å². The number of aliphatic hydroxyl groups excluding tert-OH is 2. The molecule has 238 valence electrons. The number of nitrogens with zero attached hydrogens (tertiary/aromatic N) is 1. The van der Waals surface area contributed by atoms with Crippen molar-refractivity contribution in [3.8, 4) is 0 Å². The van der Waals surface area contributed by atoms with Gasteiger partial charge >= 0.3 is 11.9 Å². The number of ether oxygens (including phenoxy) is 4. The van der Waals surface area contributed by atoms with Crippen LogP contribution in [0.15, 0.2) is 42.1 Å². The van der Waals surface area contributed by atoms with E-state index in [9.17, 15) is 24.6 Å². The molecule has 0 radical (unpaired) electrons. The number of carbonyl (C=O) groups excluding carboxylic acids is 3. The molecular weight excluding hydrogens is 554 g/mol. The van der Waals surface area contributed by atoms with Crippen molar-refractivity contribution in [2.45, 2.75) is 104 Å². The van der Waals surface area contributed by atoms with Gasteiger partial charge in [-0.2, -0.15) is 0 Å². The van der Waals surface area contributed by atoms with Crippen molar-refractivity contribution < 1.29 is 43.5 Å². The summed E-state index contributed by atoms with van der Waals surface area (Å²) in [5, 5.41) is 21.1. The fraction of sp³-hybridized carbons (Fsp3) is 0.667. The lowest BCUT2D eigenvalue weighted by Crippen LogP contribution is -2.47. The molecule has 1 aromatic rings. The summed E-state index contributed by atoms with van der Waals surface area (Å²) in [6.45, 7) is 12.4. The third-order valence-electron chi connectivity index (χ3n) is 9.47. The van der Waals surface area contributed by atoms with Crippen LogP contribution in [-0.4, -0.2) is 82.0 Å². The maximum atomic E-state index is 13.6. The minimum atomic E-state index is -0.901. The van der Waals surface area contributed by atoms with Gasteiger partial charge in [0.25, 0.3) is 0 Å². The topological polar surface area (TPSA) is 134 Å². The molecule has 1 aliphatic carbocycles. The first-order valence-electron chi connectivity index (χ1n) is 15.3. The lowest BCUT2D eigenvalue weighted by atomic mass is 9.69. The molecular formula is C33H47NO9. The van der Waals surface area contributed by atoms with Gasteiger partial charge in [-0.3, -0.25) is 9.36 Å². The Morgan fingerprint density at radius 2 is 1.81 bits per heavy atom. The molecule has 10 nitrogen and oxygen atoms in total. The summed E-state index contributed by atoms with van der Waals surface area (Å²) < 4.78 is 25.7. The molecule has 2 bridgehead atoms. The lowest BCUT2D eigenvalue weighted by molar-refractivity contribution is -0.172. The van der Waals surface area contributed by atoms with Crippen LogP contribution in [0.3, 0.4) is 0 Å². The number of carbonyl (C=O) groups is 3. The van der Waals surface area contributed by atoms with Crippen molar-refractivity contribution in [1.82, 2.24) is 4.57 Å². The zero-order valence-electron chi connectivity index (χ0n) is 26.4. The van der Waals surface area contributed by atoms with E-state index >= 15 is 0 Å². The molecule has 1 aromatic heterocycles. The normalized spacial score (nSPS) is 34.8. The molecule has 2 N–H and O–H groups in total. The van der Waals surface area contributed by atoms with Gasteiger partial charge in [-0.1, -0.05) is 45.9 Å². The van der Waals surface area contributed by atoms with Gasteiger partial charge in [0.05, 0.1) is 17.8 Å². The van der Waals surface area contributed by atoms with E-state index in [1.807, 2.05) is 39.0 Å². The van der Waals surface area contributed by atoms with Gasteiger partial charge in [-0.05, 0) is 51.3 Å². The first-order chi connectivity index (χ1) is 20.2. The van der Waals surface area contributed by atoms with E-state index in [0.717, 1.165) is 5.57 Å². The Hall–Kier alpha value is -2.79. The van der Waals surface area contributed by atoms with Crippen molar-refractivity contribution in [1.29, 1.82) is 0 Å². The van der Waals surface area contributed by atoms with Gasteiger partial charge in [0.1, 0.15) is 24.0 Å². The number of cyclic esters (lactones) is 1.